The molecule has 1 aliphatic rings. The first-order valence-electron chi connectivity index (χ1n) is 6.05. The van der Waals surface area contributed by atoms with Crippen LogP contribution in [0.5, 0.6) is 0 Å². The predicted octanol–water partition coefficient (Wildman–Crippen LogP) is 3.08. The average Bonchev–Trinajstić information content (AvgIpc) is 3.04. The Balaban J connectivity index is 1.72. The summed E-state index contributed by atoms with van der Waals surface area (Å²) in [5.74, 6) is 1.03. The van der Waals surface area contributed by atoms with Crippen LogP contribution in [0.4, 0.5) is 0 Å². The second-order valence-corrected chi connectivity index (χ2v) is 5.56. The largest absolute Gasteiger partial charge is 0.309 e. The summed E-state index contributed by atoms with van der Waals surface area (Å²) in [6.45, 7) is 1.46. The maximum Gasteiger partial charge on any atom is 0.178 e. The molecule has 1 aromatic heterocycles. The summed E-state index contributed by atoms with van der Waals surface area (Å²) in [6, 6.07) is 8.01. The van der Waals surface area contributed by atoms with Gasteiger partial charge in [0.25, 0.3) is 0 Å². The fraction of sp³-hybridized carbons (Fsp3) is 0.357. The Labute approximate surface area is 105 Å². The lowest BCUT2D eigenvalue weighted by Crippen LogP contribution is -2.25. The Morgan fingerprint density at radius 1 is 1.35 bits per heavy atom. The van der Waals surface area contributed by atoms with Gasteiger partial charge < -0.3 is 5.32 Å². The number of Topliss-reactive ketones (excluding diaryl/α,β-unsaturated/α-hetero) is 1. The third-order valence-electron chi connectivity index (χ3n) is 3.19. The molecule has 2 nitrogen and oxygen atoms in total. The first-order chi connectivity index (χ1) is 8.34. The average molecular weight is 245 g/mol. The molecule has 0 atom stereocenters. The quantitative estimate of drug-likeness (QED) is 0.820. The van der Waals surface area contributed by atoms with Gasteiger partial charge >= 0.3 is 0 Å². The van der Waals surface area contributed by atoms with Gasteiger partial charge in [0.2, 0.25) is 0 Å². The molecule has 1 fully saturated rings. The topological polar surface area (TPSA) is 29.1 Å². The number of hydrogen-bond donors (Lipinski definition) is 1. The second-order valence-electron chi connectivity index (χ2n) is 4.64. The molecule has 0 bridgehead atoms. The van der Waals surface area contributed by atoms with Crippen LogP contribution in [0.3, 0.4) is 0 Å². The summed E-state index contributed by atoms with van der Waals surface area (Å²) in [5, 5.41) is 6.47. The van der Waals surface area contributed by atoms with Gasteiger partial charge in [-0.25, -0.2) is 0 Å². The molecule has 0 radical (unpaired) electrons. The van der Waals surface area contributed by atoms with E-state index in [1.54, 1.807) is 11.3 Å². The van der Waals surface area contributed by atoms with E-state index in [9.17, 15) is 4.79 Å². The van der Waals surface area contributed by atoms with Gasteiger partial charge in [0.05, 0.1) is 6.54 Å². The zero-order chi connectivity index (χ0) is 11.7. The maximum atomic E-state index is 12.1. The van der Waals surface area contributed by atoms with Crippen molar-refractivity contribution in [2.45, 2.75) is 12.8 Å². The Morgan fingerprint density at radius 3 is 3.06 bits per heavy atom. The van der Waals surface area contributed by atoms with E-state index in [-0.39, 0.29) is 5.78 Å². The number of nitrogens with one attached hydrogen (secondary N) is 1. The highest BCUT2D eigenvalue weighted by Crippen LogP contribution is 2.28. The van der Waals surface area contributed by atoms with E-state index in [4.69, 9.17) is 0 Å². The van der Waals surface area contributed by atoms with Crippen LogP contribution in [0.2, 0.25) is 0 Å². The number of rotatable bonds is 5. The minimum Gasteiger partial charge on any atom is -0.309 e. The van der Waals surface area contributed by atoms with E-state index >= 15 is 0 Å². The third-order valence-corrected chi connectivity index (χ3v) is 4.16. The van der Waals surface area contributed by atoms with Crippen molar-refractivity contribution in [2.75, 3.05) is 13.1 Å². The predicted molar refractivity (Wildman–Crippen MR) is 71.7 cm³/mol. The standard InChI is InChI=1S/C14H15NOS/c16-13(9-15-8-10-4-5-10)12-3-1-2-11-6-7-17-14(11)12/h1-3,6-7,10,15H,4-5,8-9H2. The van der Waals surface area contributed by atoms with E-state index in [0.717, 1.165) is 22.7 Å². The van der Waals surface area contributed by atoms with Crippen LogP contribution in [-0.4, -0.2) is 18.9 Å². The summed E-state index contributed by atoms with van der Waals surface area (Å²) >= 11 is 1.65. The summed E-state index contributed by atoms with van der Waals surface area (Å²) in [7, 11) is 0. The van der Waals surface area contributed by atoms with Crippen molar-refractivity contribution in [1.29, 1.82) is 0 Å². The number of ketones is 1. The molecular formula is C14H15NOS. The fourth-order valence-corrected chi connectivity index (χ4v) is 2.95. The van der Waals surface area contributed by atoms with E-state index < -0.39 is 0 Å². The summed E-state index contributed by atoms with van der Waals surface area (Å²) < 4.78 is 1.12. The zero-order valence-electron chi connectivity index (χ0n) is 9.61. The summed E-state index contributed by atoms with van der Waals surface area (Å²) in [4.78, 5) is 12.1. The smallest absolute Gasteiger partial charge is 0.178 e. The van der Waals surface area contributed by atoms with Crippen LogP contribution < -0.4 is 5.32 Å². The molecule has 0 aliphatic heterocycles. The van der Waals surface area contributed by atoms with Gasteiger partial charge in [-0.3, -0.25) is 4.79 Å². The van der Waals surface area contributed by atoms with Gasteiger partial charge in [-0.05, 0) is 48.2 Å². The molecule has 17 heavy (non-hydrogen) atoms. The molecule has 1 saturated carbocycles. The highest BCUT2D eigenvalue weighted by molar-refractivity contribution is 7.17. The molecule has 2 aromatic rings. The van der Waals surface area contributed by atoms with Gasteiger partial charge in [0.15, 0.2) is 5.78 Å². The number of fused-ring (bicyclic) bond motifs is 1. The van der Waals surface area contributed by atoms with Crippen molar-refractivity contribution >= 4 is 27.2 Å². The van der Waals surface area contributed by atoms with Gasteiger partial charge in [0, 0.05) is 10.3 Å². The van der Waals surface area contributed by atoms with Crippen molar-refractivity contribution in [3.05, 3.63) is 35.2 Å². The van der Waals surface area contributed by atoms with Crippen LogP contribution >= 0.6 is 11.3 Å². The van der Waals surface area contributed by atoms with Crippen molar-refractivity contribution < 1.29 is 4.79 Å². The molecular weight excluding hydrogens is 230 g/mol. The zero-order valence-corrected chi connectivity index (χ0v) is 10.4. The maximum absolute atomic E-state index is 12.1. The number of thiophene rings is 1. The van der Waals surface area contributed by atoms with Crippen molar-refractivity contribution in [1.82, 2.24) is 5.32 Å². The molecule has 88 valence electrons. The molecule has 0 spiro atoms. The SMILES string of the molecule is O=C(CNCC1CC1)c1cccc2ccsc12. The minimum absolute atomic E-state index is 0.207. The number of carbonyl (C=O) groups excluding carboxylic acids is 1. The molecule has 0 unspecified atom stereocenters. The van der Waals surface area contributed by atoms with Crippen LogP contribution in [0, 0.1) is 5.92 Å². The Hall–Kier alpha value is -1.19. The molecule has 3 heteroatoms. The van der Waals surface area contributed by atoms with Crippen molar-refractivity contribution in [2.24, 2.45) is 5.92 Å². The van der Waals surface area contributed by atoms with Gasteiger partial charge in [-0.15, -0.1) is 11.3 Å². The highest BCUT2D eigenvalue weighted by atomic mass is 32.1. The van der Waals surface area contributed by atoms with Crippen LogP contribution in [-0.2, 0) is 0 Å². The molecule has 1 N–H and O–H groups in total. The first-order valence-corrected chi connectivity index (χ1v) is 6.93. The van der Waals surface area contributed by atoms with Crippen molar-refractivity contribution in [3.63, 3.8) is 0 Å². The van der Waals surface area contributed by atoms with Gasteiger partial charge in [-0.2, -0.15) is 0 Å². The molecule has 1 aromatic carbocycles. The van der Waals surface area contributed by atoms with E-state index in [1.807, 2.05) is 17.5 Å². The number of benzene rings is 1. The van der Waals surface area contributed by atoms with Crippen molar-refractivity contribution in [3.8, 4) is 0 Å². The fourth-order valence-electron chi connectivity index (χ4n) is 2.02. The third kappa shape index (κ3) is 2.40. The summed E-state index contributed by atoms with van der Waals surface area (Å²) in [5.41, 5.74) is 0.862. The number of hydrogen-bond acceptors (Lipinski definition) is 3. The minimum atomic E-state index is 0.207. The summed E-state index contributed by atoms with van der Waals surface area (Å²) in [6.07, 6.45) is 2.64. The van der Waals surface area contributed by atoms with E-state index in [0.29, 0.717) is 6.54 Å². The Kier molecular flexibility index (Phi) is 2.95. The van der Waals surface area contributed by atoms with Crippen LogP contribution in [0.1, 0.15) is 23.2 Å². The lowest BCUT2D eigenvalue weighted by Gasteiger charge is -2.04. The normalized spacial score (nSPS) is 15.3. The molecule has 0 amide bonds. The molecule has 1 aliphatic carbocycles. The molecule has 0 saturated heterocycles. The molecule has 1 heterocycles. The van der Waals surface area contributed by atoms with Crippen LogP contribution in [0.25, 0.3) is 10.1 Å². The lowest BCUT2D eigenvalue weighted by molar-refractivity contribution is 0.0992. The first kappa shape index (κ1) is 10.9. The molecule has 3 rings (SSSR count). The van der Waals surface area contributed by atoms with Gasteiger partial charge in [0.1, 0.15) is 0 Å². The monoisotopic (exact) mass is 245 g/mol. The Morgan fingerprint density at radius 2 is 2.24 bits per heavy atom. The van der Waals surface area contributed by atoms with E-state index in [2.05, 4.69) is 17.4 Å². The van der Waals surface area contributed by atoms with Gasteiger partial charge in [-0.1, -0.05) is 12.1 Å². The van der Waals surface area contributed by atoms with Crippen LogP contribution in [0.15, 0.2) is 29.6 Å². The van der Waals surface area contributed by atoms with E-state index in [1.165, 1.54) is 18.2 Å². The number of carbonyl (C=O) groups is 1. The lowest BCUT2D eigenvalue weighted by atomic mass is 10.1. The Bertz CT molecular complexity index is 542. The highest BCUT2D eigenvalue weighted by Gasteiger charge is 2.21. The second kappa shape index (κ2) is 4.59.